The lowest BCUT2D eigenvalue weighted by atomic mass is 9.88. The highest BCUT2D eigenvalue weighted by Crippen LogP contribution is 2.22. The van der Waals surface area contributed by atoms with Crippen molar-refractivity contribution in [1.29, 1.82) is 0 Å². The van der Waals surface area contributed by atoms with Crippen LogP contribution in [0.1, 0.15) is 39.2 Å². The molecule has 0 radical (unpaired) electrons. The number of rotatable bonds is 5. The maximum Gasteiger partial charge on any atom is 0.212 e. The SMILES string of the molecule is COc1ccc(CC(O)CCC(C)(C)C)cn1. The Labute approximate surface area is 104 Å². The Balaban J connectivity index is 2.42. The maximum absolute atomic E-state index is 9.93. The van der Waals surface area contributed by atoms with Gasteiger partial charge in [0, 0.05) is 12.3 Å². The zero-order valence-corrected chi connectivity index (χ0v) is 11.2. The summed E-state index contributed by atoms with van der Waals surface area (Å²) in [6.45, 7) is 6.57. The third-order valence-electron chi connectivity index (χ3n) is 2.71. The predicted octanol–water partition coefficient (Wildman–Crippen LogP) is 2.82. The normalized spacial score (nSPS) is 13.5. The van der Waals surface area contributed by atoms with Crippen LogP contribution in [0.5, 0.6) is 5.88 Å². The topological polar surface area (TPSA) is 42.4 Å². The van der Waals surface area contributed by atoms with Gasteiger partial charge in [-0.2, -0.15) is 0 Å². The number of ether oxygens (including phenoxy) is 1. The van der Waals surface area contributed by atoms with E-state index < -0.39 is 0 Å². The molecule has 3 heteroatoms. The molecule has 1 atom stereocenters. The largest absolute Gasteiger partial charge is 0.481 e. The third-order valence-corrected chi connectivity index (χ3v) is 2.71. The van der Waals surface area contributed by atoms with Gasteiger partial charge >= 0.3 is 0 Å². The first-order valence-electron chi connectivity index (χ1n) is 6.08. The van der Waals surface area contributed by atoms with E-state index in [4.69, 9.17) is 4.74 Å². The summed E-state index contributed by atoms with van der Waals surface area (Å²) in [5.74, 6) is 0.609. The second-order valence-electron chi connectivity index (χ2n) is 5.67. The van der Waals surface area contributed by atoms with Crippen LogP contribution in [0.4, 0.5) is 0 Å². The summed E-state index contributed by atoms with van der Waals surface area (Å²) in [4.78, 5) is 4.13. The zero-order valence-electron chi connectivity index (χ0n) is 11.2. The minimum Gasteiger partial charge on any atom is -0.481 e. The maximum atomic E-state index is 9.93. The number of pyridine rings is 1. The number of aliphatic hydroxyl groups is 1. The van der Waals surface area contributed by atoms with Crippen molar-refractivity contribution < 1.29 is 9.84 Å². The number of hydrogen-bond acceptors (Lipinski definition) is 3. The van der Waals surface area contributed by atoms with Crippen molar-refractivity contribution in [1.82, 2.24) is 4.98 Å². The van der Waals surface area contributed by atoms with Crippen LogP contribution in [-0.2, 0) is 6.42 Å². The molecule has 1 rings (SSSR count). The molecular formula is C14H23NO2. The van der Waals surface area contributed by atoms with Crippen molar-refractivity contribution in [2.24, 2.45) is 5.41 Å². The van der Waals surface area contributed by atoms with E-state index in [1.807, 2.05) is 12.1 Å². The van der Waals surface area contributed by atoms with Gasteiger partial charge in [0.05, 0.1) is 13.2 Å². The number of aliphatic hydroxyl groups excluding tert-OH is 1. The molecule has 1 heterocycles. The Morgan fingerprint density at radius 1 is 1.35 bits per heavy atom. The van der Waals surface area contributed by atoms with E-state index in [1.54, 1.807) is 13.3 Å². The summed E-state index contributed by atoms with van der Waals surface area (Å²) < 4.78 is 4.99. The quantitative estimate of drug-likeness (QED) is 0.856. The molecule has 0 saturated carbocycles. The lowest BCUT2D eigenvalue weighted by Gasteiger charge is -2.20. The number of hydrogen-bond donors (Lipinski definition) is 1. The van der Waals surface area contributed by atoms with E-state index in [9.17, 15) is 5.11 Å². The van der Waals surface area contributed by atoms with Crippen molar-refractivity contribution in [3.05, 3.63) is 23.9 Å². The molecule has 3 nitrogen and oxygen atoms in total. The molecule has 0 saturated heterocycles. The van der Waals surface area contributed by atoms with Gasteiger partial charge in [-0.05, 0) is 30.2 Å². The van der Waals surface area contributed by atoms with Crippen molar-refractivity contribution in [2.75, 3.05) is 7.11 Å². The van der Waals surface area contributed by atoms with E-state index in [0.29, 0.717) is 12.3 Å². The molecule has 0 amide bonds. The van der Waals surface area contributed by atoms with Crippen molar-refractivity contribution in [3.63, 3.8) is 0 Å². The number of aromatic nitrogens is 1. The summed E-state index contributed by atoms with van der Waals surface area (Å²) in [6, 6.07) is 3.78. The molecule has 0 spiro atoms. The second-order valence-corrected chi connectivity index (χ2v) is 5.67. The third kappa shape index (κ3) is 5.68. The van der Waals surface area contributed by atoms with Crippen molar-refractivity contribution in [3.8, 4) is 5.88 Å². The van der Waals surface area contributed by atoms with E-state index in [2.05, 4.69) is 25.8 Å². The van der Waals surface area contributed by atoms with Gasteiger partial charge in [0.2, 0.25) is 5.88 Å². The molecule has 0 aliphatic carbocycles. The molecule has 96 valence electrons. The van der Waals surface area contributed by atoms with Crippen LogP contribution in [0.2, 0.25) is 0 Å². The summed E-state index contributed by atoms with van der Waals surface area (Å²) in [7, 11) is 1.60. The first kappa shape index (κ1) is 14.0. The minimum atomic E-state index is -0.288. The van der Waals surface area contributed by atoms with Gasteiger partial charge in [0.15, 0.2) is 0 Å². The Morgan fingerprint density at radius 3 is 2.53 bits per heavy atom. The van der Waals surface area contributed by atoms with Gasteiger partial charge in [0.1, 0.15) is 0 Å². The van der Waals surface area contributed by atoms with Crippen LogP contribution in [0.25, 0.3) is 0 Å². The number of nitrogens with zero attached hydrogens (tertiary/aromatic N) is 1. The molecular weight excluding hydrogens is 214 g/mol. The van der Waals surface area contributed by atoms with Crippen LogP contribution in [0, 0.1) is 5.41 Å². The van der Waals surface area contributed by atoms with Crippen LogP contribution in [-0.4, -0.2) is 23.3 Å². The summed E-state index contributed by atoms with van der Waals surface area (Å²) in [6.07, 6.45) is 3.99. The molecule has 1 unspecified atom stereocenters. The minimum absolute atomic E-state index is 0.277. The lowest BCUT2D eigenvalue weighted by Crippen LogP contribution is -2.15. The Hall–Kier alpha value is -1.09. The van der Waals surface area contributed by atoms with E-state index >= 15 is 0 Å². The number of methoxy groups -OCH3 is 1. The van der Waals surface area contributed by atoms with Gasteiger partial charge in [-0.15, -0.1) is 0 Å². The smallest absolute Gasteiger partial charge is 0.212 e. The van der Waals surface area contributed by atoms with Gasteiger partial charge in [0.25, 0.3) is 0 Å². The molecule has 1 aromatic heterocycles. The van der Waals surface area contributed by atoms with Crippen molar-refractivity contribution in [2.45, 2.75) is 46.1 Å². The Kier molecular flexibility index (Phi) is 4.94. The summed E-state index contributed by atoms with van der Waals surface area (Å²) in [5, 5.41) is 9.93. The highest BCUT2D eigenvalue weighted by Gasteiger charge is 2.14. The van der Waals surface area contributed by atoms with Gasteiger partial charge in [-0.3, -0.25) is 0 Å². The second kappa shape index (κ2) is 6.01. The zero-order chi connectivity index (χ0) is 12.9. The van der Waals surface area contributed by atoms with Gasteiger partial charge < -0.3 is 9.84 Å². The molecule has 0 bridgehead atoms. The van der Waals surface area contributed by atoms with E-state index in [1.165, 1.54) is 0 Å². The predicted molar refractivity (Wildman–Crippen MR) is 69.2 cm³/mol. The molecule has 17 heavy (non-hydrogen) atoms. The lowest BCUT2D eigenvalue weighted by molar-refractivity contribution is 0.145. The standard InChI is InChI=1S/C14H23NO2/c1-14(2,3)8-7-12(16)9-11-5-6-13(17-4)15-10-11/h5-6,10,12,16H,7-9H2,1-4H3. The van der Waals surface area contributed by atoms with E-state index in [-0.39, 0.29) is 11.5 Å². The molecule has 0 fully saturated rings. The fourth-order valence-electron chi connectivity index (χ4n) is 1.63. The fraction of sp³-hybridized carbons (Fsp3) is 0.643. The van der Waals surface area contributed by atoms with Gasteiger partial charge in [-0.25, -0.2) is 4.98 Å². The molecule has 0 aliphatic heterocycles. The highest BCUT2D eigenvalue weighted by atomic mass is 16.5. The Morgan fingerprint density at radius 2 is 2.06 bits per heavy atom. The summed E-state index contributed by atoms with van der Waals surface area (Å²) in [5.41, 5.74) is 1.33. The average Bonchev–Trinajstić information content (AvgIpc) is 2.27. The summed E-state index contributed by atoms with van der Waals surface area (Å²) >= 11 is 0. The monoisotopic (exact) mass is 237 g/mol. The first-order chi connectivity index (χ1) is 7.90. The van der Waals surface area contributed by atoms with Gasteiger partial charge in [-0.1, -0.05) is 26.8 Å². The first-order valence-corrected chi connectivity index (χ1v) is 6.08. The van der Waals surface area contributed by atoms with E-state index in [0.717, 1.165) is 18.4 Å². The average molecular weight is 237 g/mol. The molecule has 1 N–H and O–H groups in total. The van der Waals surface area contributed by atoms with Crippen LogP contribution < -0.4 is 4.74 Å². The Bertz CT molecular complexity index is 327. The van der Waals surface area contributed by atoms with Crippen LogP contribution in [0.15, 0.2) is 18.3 Å². The van der Waals surface area contributed by atoms with Crippen molar-refractivity contribution >= 4 is 0 Å². The van der Waals surface area contributed by atoms with Crippen LogP contribution >= 0.6 is 0 Å². The molecule has 1 aromatic rings. The fourth-order valence-corrected chi connectivity index (χ4v) is 1.63. The van der Waals surface area contributed by atoms with Crippen LogP contribution in [0.3, 0.4) is 0 Å². The highest BCUT2D eigenvalue weighted by molar-refractivity contribution is 5.18. The molecule has 0 aromatic carbocycles. The molecule has 0 aliphatic rings.